The van der Waals surface area contributed by atoms with Gasteiger partial charge in [0.15, 0.2) is 0 Å². The Kier molecular flexibility index (Phi) is 1.73. The summed E-state index contributed by atoms with van der Waals surface area (Å²) in [5.41, 5.74) is 0. The number of nitrogens with one attached hydrogen (secondary N) is 1. The lowest BCUT2D eigenvalue weighted by Gasteiger charge is -2.34. The molecule has 1 fully saturated rings. The average Bonchev–Trinajstić information content (AvgIpc) is 2.54. The normalized spacial score (nSPS) is 31.5. The van der Waals surface area contributed by atoms with Gasteiger partial charge in [0.1, 0.15) is 0 Å². The molecule has 1 saturated heterocycles. The monoisotopic (exact) mass is 197 g/mol. The van der Waals surface area contributed by atoms with E-state index in [1.165, 1.54) is 11.9 Å². The van der Waals surface area contributed by atoms with Gasteiger partial charge in [0.05, 0.1) is 7.05 Å². The number of carbonyl (C=O) groups excluding carboxylic acids is 2. The molecule has 2 aliphatic heterocycles. The van der Waals surface area contributed by atoms with E-state index >= 15 is 0 Å². The first-order valence-electron chi connectivity index (χ1n) is 4.39. The number of urea groups is 1. The van der Waals surface area contributed by atoms with Crippen LogP contribution in [0.25, 0.3) is 0 Å². The molecule has 0 spiro atoms. The fourth-order valence-corrected chi connectivity index (χ4v) is 1.87. The molecule has 6 heteroatoms. The summed E-state index contributed by atoms with van der Waals surface area (Å²) in [5.74, 6) is -0.165. The zero-order valence-electron chi connectivity index (χ0n) is 8.39. The Balaban J connectivity index is 2.36. The lowest BCUT2D eigenvalue weighted by atomic mass is 10.1. The number of likely N-dealkylation sites (N-methyl/N-ethyl adjacent to an activating group) is 3. The Morgan fingerprint density at radius 3 is 2.71 bits per heavy atom. The Morgan fingerprint density at radius 1 is 1.43 bits per heavy atom. The largest absolute Gasteiger partial charge is 0.329 e. The first-order chi connectivity index (χ1) is 6.54. The van der Waals surface area contributed by atoms with E-state index in [9.17, 15) is 9.59 Å². The standard InChI is InChI=1S/C8H12N4O2/c1-10-4-9-6-5(10)7(13)12(3)8(14)11(6)2/h4-6H,1-3H3/p+1/t5-,6-/m1/s1. The van der Waals surface area contributed by atoms with Gasteiger partial charge in [-0.1, -0.05) is 0 Å². The molecule has 3 amide bonds. The van der Waals surface area contributed by atoms with Crippen LogP contribution in [-0.2, 0) is 4.79 Å². The van der Waals surface area contributed by atoms with E-state index in [1.54, 1.807) is 18.0 Å². The molecular weight excluding hydrogens is 184 g/mol. The quantitative estimate of drug-likeness (QED) is 0.480. The number of hydrogen-bond donors (Lipinski definition) is 1. The van der Waals surface area contributed by atoms with Crippen molar-refractivity contribution in [1.82, 2.24) is 15.1 Å². The van der Waals surface area contributed by atoms with E-state index < -0.39 is 0 Å². The number of nitrogens with zero attached hydrogens (tertiary/aromatic N) is 3. The summed E-state index contributed by atoms with van der Waals surface area (Å²) >= 11 is 0. The van der Waals surface area contributed by atoms with Crippen LogP contribution in [0.3, 0.4) is 0 Å². The van der Waals surface area contributed by atoms with Gasteiger partial charge in [0, 0.05) is 14.1 Å². The van der Waals surface area contributed by atoms with Crippen LogP contribution < -0.4 is 5.32 Å². The molecule has 0 aliphatic carbocycles. The summed E-state index contributed by atoms with van der Waals surface area (Å²) < 4.78 is 1.78. The van der Waals surface area contributed by atoms with E-state index in [-0.39, 0.29) is 24.1 Å². The van der Waals surface area contributed by atoms with Crippen molar-refractivity contribution < 1.29 is 14.2 Å². The molecule has 2 aliphatic rings. The van der Waals surface area contributed by atoms with E-state index in [2.05, 4.69) is 5.32 Å². The topological polar surface area (TPSA) is 55.7 Å². The second kappa shape index (κ2) is 2.70. The molecule has 0 bridgehead atoms. The highest BCUT2D eigenvalue weighted by molar-refractivity contribution is 6.00. The molecule has 0 aromatic carbocycles. The molecule has 2 atom stereocenters. The molecule has 0 unspecified atom stereocenters. The van der Waals surface area contributed by atoms with Crippen LogP contribution in [0, 0.1) is 0 Å². The highest BCUT2D eigenvalue weighted by Gasteiger charge is 2.51. The number of hydrogen-bond acceptors (Lipinski definition) is 3. The maximum absolute atomic E-state index is 11.7. The number of imide groups is 1. The molecule has 76 valence electrons. The molecular formula is C8H13N4O2+. The summed E-state index contributed by atoms with van der Waals surface area (Å²) in [7, 11) is 5.00. The smallest absolute Gasteiger partial charge is 0.284 e. The zero-order valence-corrected chi connectivity index (χ0v) is 8.39. The molecule has 2 rings (SSSR count). The van der Waals surface area contributed by atoms with Crippen LogP contribution in [0.2, 0.25) is 0 Å². The van der Waals surface area contributed by atoms with Crippen molar-refractivity contribution in [2.24, 2.45) is 0 Å². The molecule has 0 saturated carbocycles. The molecule has 0 radical (unpaired) electrons. The van der Waals surface area contributed by atoms with Gasteiger partial charge in [-0.05, 0) is 0 Å². The first-order valence-corrected chi connectivity index (χ1v) is 4.39. The van der Waals surface area contributed by atoms with Crippen LogP contribution in [-0.4, -0.2) is 66.0 Å². The SMILES string of the molecule is CN1C(=O)[C@H]2[C@H](NC=[N+]2C)N(C)C1=O. The van der Waals surface area contributed by atoms with E-state index in [1.807, 2.05) is 7.05 Å². The summed E-state index contributed by atoms with van der Waals surface area (Å²) in [6.07, 6.45) is 1.48. The van der Waals surface area contributed by atoms with E-state index in [0.29, 0.717) is 0 Å². The molecule has 2 heterocycles. The number of carbonyl (C=O) groups is 2. The maximum Gasteiger partial charge on any atom is 0.329 e. The van der Waals surface area contributed by atoms with Gasteiger partial charge in [-0.2, -0.15) is 0 Å². The van der Waals surface area contributed by atoms with Gasteiger partial charge in [-0.25, -0.2) is 4.79 Å². The molecule has 1 N–H and O–H groups in total. The highest BCUT2D eigenvalue weighted by atomic mass is 16.2. The van der Waals surface area contributed by atoms with E-state index in [0.717, 1.165) is 4.90 Å². The lowest BCUT2D eigenvalue weighted by molar-refractivity contribution is -0.517. The Morgan fingerprint density at radius 2 is 2.07 bits per heavy atom. The van der Waals surface area contributed by atoms with Crippen molar-refractivity contribution in [3.63, 3.8) is 0 Å². The Bertz CT molecular complexity index is 338. The van der Waals surface area contributed by atoms with Gasteiger partial charge < -0.3 is 0 Å². The van der Waals surface area contributed by atoms with E-state index in [4.69, 9.17) is 0 Å². The predicted molar refractivity (Wildman–Crippen MR) is 48.9 cm³/mol. The Labute approximate surface area is 81.8 Å². The number of rotatable bonds is 0. The van der Waals surface area contributed by atoms with Crippen molar-refractivity contribution in [2.75, 3.05) is 21.1 Å². The minimum Gasteiger partial charge on any atom is -0.284 e. The van der Waals surface area contributed by atoms with Crippen molar-refractivity contribution in [3.8, 4) is 0 Å². The minimum atomic E-state index is -0.303. The molecule has 6 nitrogen and oxygen atoms in total. The fraction of sp³-hybridized carbons (Fsp3) is 0.625. The van der Waals surface area contributed by atoms with Gasteiger partial charge >= 0.3 is 6.03 Å². The number of fused-ring (bicyclic) bond motifs is 1. The predicted octanol–water partition coefficient (Wildman–Crippen LogP) is -1.52. The second-order valence-corrected chi connectivity index (χ2v) is 3.64. The second-order valence-electron chi connectivity index (χ2n) is 3.64. The van der Waals surface area contributed by atoms with Gasteiger partial charge in [-0.15, -0.1) is 0 Å². The maximum atomic E-state index is 11.7. The summed E-state index contributed by atoms with van der Waals surface area (Å²) in [6.45, 7) is 0. The summed E-state index contributed by atoms with van der Waals surface area (Å²) in [4.78, 5) is 26.0. The van der Waals surface area contributed by atoms with Crippen molar-refractivity contribution >= 4 is 18.3 Å². The van der Waals surface area contributed by atoms with Crippen LogP contribution in [0.5, 0.6) is 0 Å². The summed E-state index contributed by atoms with van der Waals surface area (Å²) in [6, 6.07) is -0.574. The van der Waals surface area contributed by atoms with Crippen LogP contribution in [0.15, 0.2) is 0 Å². The van der Waals surface area contributed by atoms with Crippen LogP contribution in [0.4, 0.5) is 4.79 Å². The molecule has 14 heavy (non-hydrogen) atoms. The Hall–Kier alpha value is -1.59. The van der Waals surface area contributed by atoms with Crippen molar-refractivity contribution in [3.05, 3.63) is 0 Å². The van der Waals surface area contributed by atoms with Crippen LogP contribution >= 0.6 is 0 Å². The fourth-order valence-electron chi connectivity index (χ4n) is 1.87. The molecule has 0 aromatic heterocycles. The summed E-state index contributed by atoms with van der Waals surface area (Å²) in [5, 5.41) is 3.00. The molecule has 0 aromatic rings. The highest BCUT2D eigenvalue weighted by Crippen LogP contribution is 2.17. The average molecular weight is 197 g/mol. The third-order valence-electron chi connectivity index (χ3n) is 2.78. The lowest BCUT2D eigenvalue weighted by Crippen LogP contribution is -2.65. The van der Waals surface area contributed by atoms with Gasteiger partial charge in [0.25, 0.3) is 5.91 Å². The number of amides is 3. The van der Waals surface area contributed by atoms with Crippen LogP contribution in [0.1, 0.15) is 0 Å². The third kappa shape index (κ3) is 0.934. The van der Waals surface area contributed by atoms with Gasteiger partial charge in [-0.3, -0.25) is 24.5 Å². The van der Waals surface area contributed by atoms with Gasteiger partial charge in [0.2, 0.25) is 18.5 Å². The third-order valence-corrected chi connectivity index (χ3v) is 2.78. The zero-order chi connectivity index (χ0) is 10.5. The van der Waals surface area contributed by atoms with Crippen molar-refractivity contribution in [1.29, 1.82) is 0 Å². The first kappa shape index (κ1) is 8.98. The van der Waals surface area contributed by atoms with Crippen molar-refractivity contribution in [2.45, 2.75) is 12.2 Å². The minimum absolute atomic E-state index is 0.165.